The highest BCUT2D eigenvalue weighted by Crippen LogP contribution is 2.43. The maximum Gasteiger partial charge on any atom is 0.274 e. The van der Waals surface area contributed by atoms with E-state index in [1.165, 1.54) is 29.8 Å². The molecule has 0 bridgehead atoms. The van der Waals surface area contributed by atoms with Crippen molar-refractivity contribution in [3.8, 4) is 5.75 Å². The molecule has 2 aromatic rings. The number of aromatic nitrogens is 1. The van der Waals surface area contributed by atoms with Crippen molar-refractivity contribution in [1.29, 1.82) is 0 Å². The predicted molar refractivity (Wildman–Crippen MR) is 111 cm³/mol. The van der Waals surface area contributed by atoms with E-state index >= 15 is 0 Å². The van der Waals surface area contributed by atoms with E-state index in [1.54, 1.807) is 0 Å². The molecule has 2 N–H and O–H groups in total. The maximum atomic E-state index is 13.9. The summed E-state index contributed by atoms with van der Waals surface area (Å²) >= 11 is 0. The number of halogens is 2. The van der Waals surface area contributed by atoms with Crippen molar-refractivity contribution in [2.45, 2.75) is 25.1 Å². The smallest absolute Gasteiger partial charge is 0.274 e. The van der Waals surface area contributed by atoms with Gasteiger partial charge in [0, 0.05) is 51.9 Å². The summed E-state index contributed by atoms with van der Waals surface area (Å²) in [6, 6.07) is 2.60. The summed E-state index contributed by atoms with van der Waals surface area (Å²) in [5, 5.41) is 13.1. The Balaban J connectivity index is 1.74. The molecule has 3 heterocycles. The average molecular weight is 463 g/mol. The highest BCUT2D eigenvalue weighted by atomic mass is 19.1. The van der Waals surface area contributed by atoms with Crippen LogP contribution in [-0.4, -0.2) is 60.3 Å². The molecule has 0 unspecified atom stereocenters. The Morgan fingerprint density at radius 2 is 2.03 bits per heavy atom. The molecule has 2 atom stereocenters. The number of benzene rings is 1. The van der Waals surface area contributed by atoms with Crippen LogP contribution in [0, 0.1) is 11.6 Å². The van der Waals surface area contributed by atoms with Crippen LogP contribution in [0.5, 0.6) is 5.75 Å². The van der Waals surface area contributed by atoms with Gasteiger partial charge < -0.3 is 29.4 Å². The van der Waals surface area contributed by atoms with Crippen LogP contribution < -0.4 is 10.7 Å². The first-order chi connectivity index (χ1) is 15.8. The Labute approximate surface area is 187 Å². The molecule has 2 amide bonds. The number of nitrogens with one attached hydrogen (secondary N) is 1. The minimum absolute atomic E-state index is 0.0218. The van der Waals surface area contributed by atoms with Crippen LogP contribution >= 0.6 is 0 Å². The van der Waals surface area contributed by atoms with Gasteiger partial charge in [-0.15, -0.1) is 0 Å². The van der Waals surface area contributed by atoms with Crippen molar-refractivity contribution in [2.24, 2.45) is 0 Å². The molecule has 0 fully saturated rings. The minimum Gasteiger partial charge on any atom is -0.503 e. The molecule has 2 aliphatic heterocycles. The molecule has 0 saturated carbocycles. The van der Waals surface area contributed by atoms with E-state index in [2.05, 4.69) is 5.32 Å². The van der Waals surface area contributed by atoms with Crippen molar-refractivity contribution in [3.05, 3.63) is 62.6 Å². The molecule has 1 aromatic carbocycles. The van der Waals surface area contributed by atoms with Gasteiger partial charge in [0.05, 0.1) is 18.3 Å². The zero-order valence-corrected chi connectivity index (χ0v) is 18.1. The van der Waals surface area contributed by atoms with Crippen molar-refractivity contribution in [2.75, 3.05) is 33.9 Å². The molecule has 0 radical (unpaired) electrons. The number of carbonyl (C=O) groups excluding carboxylic acids is 2. The zero-order chi connectivity index (χ0) is 23.9. The van der Waals surface area contributed by atoms with Gasteiger partial charge in [0.1, 0.15) is 23.3 Å². The lowest BCUT2D eigenvalue weighted by molar-refractivity contribution is 0.0575. The van der Waals surface area contributed by atoms with Crippen molar-refractivity contribution in [1.82, 2.24) is 14.8 Å². The van der Waals surface area contributed by atoms with Gasteiger partial charge in [-0.1, -0.05) is 6.07 Å². The first-order valence-electron chi connectivity index (χ1n) is 10.3. The summed E-state index contributed by atoms with van der Waals surface area (Å²) in [5.74, 6) is -3.84. The number of pyridine rings is 1. The number of amides is 2. The van der Waals surface area contributed by atoms with Crippen molar-refractivity contribution >= 4 is 11.8 Å². The molecule has 4 rings (SSSR count). The predicted octanol–water partition coefficient (Wildman–Crippen LogP) is 1.50. The highest BCUT2D eigenvalue weighted by molar-refractivity contribution is 6.00. The van der Waals surface area contributed by atoms with Crippen LogP contribution in [0.2, 0.25) is 0 Å². The van der Waals surface area contributed by atoms with Gasteiger partial charge in [0.25, 0.3) is 11.8 Å². The number of aromatic hydroxyl groups is 1. The highest BCUT2D eigenvalue weighted by Gasteiger charge is 2.45. The molecule has 0 saturated heterocycles. The molecular formula is C22H23F2N3O6. The van der Waals surface area contributed by atoms with Gasteiger partial charge in [-0.25, -0.2) is 8.78 Å². The average Bonchev–Trinajstić information content (AvgIpc) is 3.14. The van der Waals surface area contributed by atoms with Gasteiger partial charge in [-0.2, -0.15) is 0 Å². The molecule has 11 heteroatoms. The van der Waals surface area contributed by atoms with Gasteiger partial charge in [-0.3, -0.25) is 14.4 Å². The van der Waals surface area contributed by atoms with Crippen LogP contribution in [0.1, 0.15) is 50.7 Å². The van der Waals surface area contributed by atoms with Crippen LogP contribution in [0.4, 0.5) is 8.78 Å². The number of hydrogen-bond donors (Lipinski definition) is 2. The number of rotatable bonds is 7. The largest absolute Gasteiger partial charge is 0.503 e. The van der Waals surface area contributed by atoms with Gasteiger partial charge in [0.15, 0.2) is 11.4 Å². The standard InChI is InChI=1S/C22H23F2N3O6/c1-32-6-5-26-10-13-8-15(33-2)17-16(19(28)20(29)18(22(26)31)27(13)17)21(30)25-9-11-3-4-12(23)7-14(11)24/h3-4,7,13,15,29H,5-6,8-10H2,1-2H3,(H,25,30)/t13-,15+/m1/s1. The molecule has 0 aliphatic carbocycles. The van der Waals surface area contributed by atoms with E-state index in [-0.39, 0.29) is 48.3 Å². The summed E-state index contributed by atoms with van der Waals surface area (Å²) in [4.78, 5) is 40.5. The fourth-order valence-corrected chi connectivity index (χ4v) is 4.45. The lowest BCUT2D eigenvalue weighted by atomic mass is 10.1. The van der Waals surface area contributed by atoms with Gasteiger partial charge in [-0.05, 0) is 6.07 Å². The Kier molecular flexibility index (Phi) is 6.17. The Hall–Kier alpha value is -3.31. The fraction of sp³-hybridized carbons (Fsp3) is 0.409. The lowest BCUT2D eigenvalue weighted by Gasteiger charge is -2.34. The molecular weight excluding hydrogens is 440 g/mol. The summed E-state index contributed by atoms with van der Waals surface area (Å²) < 4.78 is 39.1. The van der Waals surface area contributed by atoms with Gasteiger partial charge >= 0.3 is 0 Å². The quantitative estimate of drug-likeness (QED) is 0.644. The number of nitrogens with zero attached hydrogens (tertiary/aromatic N) is 2. The number of hydrogen-bond acceptors (Lipinski definition) is 6. The summed E-state index contributed by atoms with van der Waals surface area (Å²) in [6.45, 7) is 0.547. The van der Waals surface area contributed by atoms with Crippen LogP contribution in [0.15, 0.2) is 23.0 Å². The van der Waals surface area contributed by atoms with Gasteiger partial charge in [0.2, 0.25) is 5.43 Å². The summed E-state index contributed by atoms with van der Waals surface area (Å²) in [5.41, 5.74) is -1.36. The Morgan fingerprint density at radius 1 is 1.27 bits per heavy atom. The van der Waals surface area contributed by atoms with E-state index in [1.807, 2.05) is 0 Å². The monoisotopic (exact) mass is 463 g/mol. The topological polar surface area (TPSA) is 110 Å². The first kappa shape index (κ1) is 22.9. The summed E-state index contributed by atoms with van der Waals surface area (Å²) in [6.07, 6.45) is -0.281. The third-order valence-electron chi connectivity index (χ3n) is 6.03. The van der Waals surface area contributed by atoms with E-state index in [9.17, 15) is 28.3 Å². The molecule has 1 aromatic heterocycles. The summed E-state index contributed by atoms with van der Waals surface area (Å²) in [7, 11) is 2.92. The SMILES string of the molecule is COCCN1C[C@H]2C[C@H](OC)c3c(C(=O)NCc4ccc(F)cc4F)c(=O)c(O)c(n32)C1=O. The third kappa shape index (κ3) is 3.87. The van der Waals surface area contributed by atoms with E-state index in [4.69, 9.17) is 9.47 Å². The number of carbonyl (C=O) groups is 2. The third-order valence-corrected chi connectivity index (χ3v) is 6.03. The molecule has 33 heavy (non-hydrogen) atoms. The van der Waals surface area contributed by atoms with E-state index in [0.717, 1.165) is 6.07 Å². The van der Waals surface area contributed by atoms with E-state index in [0.29, 0.717) is 19.0 Å². The molecule has 176 valence electrons. The van der Waals surface area contributed by atoms with Crippen LogP contribution in [0.3, 0.4) is 0 Å². The van der Waals surface area contributed by atoms with Crippen LogP contribution in [0.25, 0.3) is 0 Å². The second kappa shape index (κ2) is 8.91. The second-order valence-electron chi connectivity index (χ2n) is 7.93. The number of methoxy groups -OCH3 is 2. The molecule has 0 spiro atoms. The Morgan fingerprint density at radius 3 is 2.70 bits per heavy atom. The fourth-order valence-electron chi connectivity index (χ4n) is 4.45. The van der Waals surface area contributed by atoms with Crippen molar-refractivity contribution in [3.63, 3.8) is 0 Å². The number of ether oxygens (including phenoxy) is 2. The first-order valence-corrected chi connectivity index (χ1v) is 10.3. The van der Waals surface area contributed by atoms with E-state index < -0.39 is 40.7 Å². The molecule has 2 aliphatic rings. The maximum absolute atomic E-state index is 13.9. The normalized spacial score (nSPS) is 19.0. The molecule has 9 nitrogen and oxygen atoms in total. The minimum atomic E-state index is -1.02. The van der Waals surface area contributed by atoms with Crippen molar-refractivity contribution < 1.29 is 33.0 Å². The Bertz CT molecular complexity index is 1180. The zero-order valence-electron chi connectivity index (χ0n) is 18.1. The van der Waals surface area contributed by atoms with Crippen LogP contribution in [-0.2, 0) is 16.0 Å². The second-order valence-corrected chi connectivity index (χ2v) is 7.93. The lowest BCUT2D eigenvalue weighted by Crippen LogP contribution is -2.45.